The van der Waals surface area contributed by atoms with Gasteiger partial charge < -0.3 is 10.0 Å². The minimum atomic E-state index is -0.906. The van der Waals surface area contributed by atoms with Crippen LogP contribution in [0, 0.1) is 5.92 Å². The van der Waals surface area contributed by atoms with Gasteiger partial charge in [0.1, 0.15) is 0 Å². The molecular formula is C15H13NO3. The van der Waals surface area contributed by atoms with Gasteiger partial charge in [0.2, 0.25) is 5.91 Å². The van der Waals surface area contributed by atoms with E-state index in [1.807, 2.05) is 42.5 Å². The van der Waals surface area contributed by atoms with Crippen LogP contribution in [-0.4, -0.2) is 23.5 Å². The van der Waals surface area contributed by atoms with Crippen LogP contribution in [0.3, 0.4) is 0 Å². The Hall–Kier alpha value is -2.36. The van der Waals surface area contributed by atoms with Crippen LogP contribution in [0.25, 0.3) is 10.8 Å². The van der Waals surface area contributed by atoms with Gasteiger partial charge in [0.15, 0.2) is 0 Å². The minimum absolute atomic E-state index is 0.0819. The van der Waals surface area contributed by atoms with Gasteiger partial charge in [-0.15, -0.1) is 0 Å². The third-order valence-electron chi connectivity index (χ3n) is 3.53. The van der Waals surface area contributed by atoms with E-state index < -0.39 is 11.9 Å². The van der Waals surface area contributed by atoms with Crippen LogP contribution >= 0.6 is 0 Å². The lowest BCUT2D eigenvalue weighted by Crippen LogP contribution is -2.25. The Kier molecular flexibility index (Phi) is 2.71. The van der Waals surface area contributed by atoms with Crippen LogP contribution < -0.4 is 4.90 Å². The number of carbonyl (C=O) groups is 2. The number of amides is 1. The molecule has 4 nitrogen and oxygen atoms in total. The average Bonchev–Trinajstić information content (AvgIpc) is 2.80. The zero-order chi connectivity index (χ0) is 13.4. The lowest BCUT2D eigenvalue weighted by Gasteiger charge is -2.18. The zero-order valence-electron chi connectivity index (χ0n) is 10.2. The predicted molar refractivity (Wildman–Crippen MR) is 72.0 cm³/mol. The molecule has 0 aliphatic carbocycles. The molecule has 3 rings (SSSR count). The maximum atomic E-state index is 12.0. The van der Waals surface area contributed by atoms with Gasteiger partial charge in [0, 0.05) is 18.4 Å². The highest BCUT2D eigenvalue weighted by molar-refractivity contribution is 6.06. The molecule has 19 heavy (non-hydrogen) atoms. The summed E-state index contributed by atoms with van der Waals surface area (Å²) in [4.78, 5) is 24.6. The predicted octanol–water partition coefficient (Wildman–Crippen LogP) is 2.28. The largest absolute Gasteiger partial charge is 0.481 e. The van der Waals surface area contributed by atoms with Gasteiger partial charge in [-0.25, -0.2) is 0 Å². The van der Waals surface area contributed by atoms with Crippen LogP contribution in [-0.2, 0) is 9.59 Å². The zero-order valence-corrected chi connectivity index (χ0v) is 10.2. The second kappa shape index (κ2) is 4.39. The quantitative estimate of drug-likeness (QED) is 0.895. The van der Waals surface area contributed by atoms with E-state index in [-0.39, 0.29) is 18.9 Å². The number of hydrogen-bond donors (Lipinski definition) is 1. The van der Waals surface area contributed by atoms with Crippen molar-refractivity contribution in [2.45, 2.75) is 6.42 Å². The molecule has 1 fully saturated rings. The van der Waals surface area contributed by atoms with Gasteiger partial charge in [-0.1, -0.05) is 36.4 Å². The standard InChI is InChI=1S/C15H13NO3/c17-14-8-11(15(18)19)9-16(14)13-7-3-5-10-4-1-2-6-12(10)13/h1-7,11H,8-9H2,(H,18,19). The summed E-state index contributed by atoms with van der Waals surface area (Å²) in [6, 6.07) is 13.5. The maximum Gasteiger partial charge on any atom is 0.308 e. The molecule has 1 heterocycles. The first kappa shape index (κ1) is 11.7. The molecule has 1 N–H and O–H groups in total. The Morgan fingerprint density at radius 3 is 2.63 bits per heavy atom. The number of anilines is 1. The SMILES string of the molecule is O=C(O)C1CC(=O)N(c2cccc3ccccc23)C1. The first-order chi connectivity index (χ1) is 9.16. The lowest BCUT2D eigenvalue weighted by atomic mass is 10.1. The molecule has 1 aliphatic heterocycles. The van der Waals surface area contributed by atoms with Crippen molar-refractivity contribution in [1.82, 2.24) is 0 Å². The number of carboxylic acids is 1. The van der Waals surface area contributed by atoms with Gasteiger partial charge in [-0.2, -0.15) is 0 Å². The first-order valence-electron chi connectivity index (χ1n) is 6.18. The van der Waals surface area contributed by atoms with E-state index in [2.05, 4.69) is 0 Å². The number of carbonyl (C=O) groups excluding carboxylic acids is 1. The summed E-state index contributed by atoms with van der Waals surface area (Å²) in [6.07, 6.45) is 0.0819. The van der Waals surface area contributed by atoms with E-state index >= 15 is 0 Å². The third kappa shape index (κ3) is 1.95. The van der Waals surface area contributed by atoms with E-state index in [0.717, 1.165) is 16.5 Å². The summed E-state index contributed by atoms with van der Waals surface area (Å²) in [5.74, 6) is -1.63. The van der Waals surface area contributed by atoms with E-state index in [1.54, 1.807) is 4.90 Å². The Balaban J connectivity index is 2.05. The molecule has 0 saturated carbocycles. The normalized spacial score (nSPS) is 19.1. The summed E-state index contributed by atoms with van der Waals surface area (Å²) >= 11 is 0. The highest BCUT2D eigenvalue weighted by atomic mass is 16.4. The summed E-state index contributed by atoms with van der Waals surface area (Å²) in [6.45, 7) is 0.252. The number of aliphatic carboxylic acids is 1. The van der Waals surface area contributed by atoms with Crippen molar-refractivity contribution >= 4 is 28.3 Å². The summed E-state index contributed by atoms with van der Waals surface area (Å²) in [5, 5.41) is 11.1. The topological polar surface area (TPSA) is 57.6 Å². The fraction of sp³-hybridized carbons (Fsp3) is 0.200. The molecule has 2 aromatic carbocycles. The second-order valence-electron chi connectivity index (χ2n) is 4.74. The number of benzene rings is 2. The van der Waals surface area contributed by atoms with Crippen LogP contribution in [0.4, 0.5) is 5.69 Å². The molecular weight excluding hydrogens is 242 g/mol. The van der Waals surface area contributed by atoms with Gasteiger partial charge in [-0.05, 0) is 11.5 Å². The number of carboxylic acid groups (broad SMARTS) is 1. The Morgan fingerprint density at radius 2 is 1.89 bits per heavy atom. The first-order valence-corrected chi connectivity index (χ1v) is 6.18. The molecule has 0 spiro atoms. The Morgan fingerprint density at radius 1 is 1.16 bits per heavy atom. The summed E-state index contributed by atoms with van der Waals surface area (Å²) < 4.78 is 0. The van der Waals surface area contributed by atoms with Crippen molar-refractivity contribution in [3.05, 3.63) is 42.5 Å². The van der Waals surface area contributed by atoms with Crippen molar-refractivity contribution in [2.75, 3.05) is 11.4 Å². The molecule has 96 valence electrons. The number of nitrogens with zero attached hydrogens (tertiary/aromatic N) is 1. The monoisotopic (exact) mass is 255 g/mol. The molecule has 1 saturated heterocycles. The van der Waals surface area contributed by atoms with Gasteiger partial charge in [0.25, 0.3) is 0 Å². The molecule has 1 atom stereocenters. The number of rotatable bonds is 2. The number of fused-ring (bicyclic) bond motifs is 1. The van der Waals surface area contributed by atoms with E-state index in [1.165, 1.54) is 0 Å². The molecule has 1 amide bonds. The minimum Gasteiger partial charge on any atom is -0.481 e. The molecule has 4 heteroatoms. The lowest BCUT2D eigenvalue weighted by molar-refractivity contribution is -0.141. The van der Waals surface area contributed by atoms with Crippen molar-refractivity contribution in [3.8, 4) is 0 Å². The number of hydrogen-bond acceptors (Lipinski definition) is 2. The van der Waals surface area contributed by atoms with E-state index in [9.17, 15) is 9.59 Å². The average molecular weight is 255 g/mol. The smallest absolute Gasteiger partial charge is 0.308 e. The fourth-order valence-corrected chi connectivity index (χ4v) is 2.55. The molecule has 2 aromatic rings. The van der Waals surface area contributed by atoms with Crippen molar-refractivity contribution < 1.29 is 14.7 Å². The highest BCUT2D eigenvalue weighted by Gasteiger charge is 2.35. The fourth-order valence-electron chi connectivity index (χ4n) is 2.55. The summed E-state index contributed by atoms with van der Waals surface area (Å²) in [5.41, 5.74) is 0.798. The highest BCUT2D eigenvalue weighted by Crippen LogP contribution is 2.31. The van der Waals surface area contributed by atoms with Gasteiger partial charge in [0.05, 0.1) is 11.6 Å². The van der Waals surface area contributed by atoms with Gasteiger partial charge >= 0.3 is 5.97 Å². The summed E-state index contributed by atoms with van der Waals surface area (Å²) in [7, 11) is 0. The Bertz CT molecular complexity index is 660. The Labute approximate surface area is 110 Å². The van der Waals surface area contributed by atoms with E-state index in [4.69, 9.17) is 5.11 Å². The second-order valence-corrected chi connectivity index (χ2v) is 4.74. The van der Waals surface area contributed by atoms with Crippen LogP contribution in [0.5, 0.6) is 0 Å². The van der Waals surface area contributed by atoms with E-state index in [0.29, 0.717) is 0 Å². The molecule has 1 unspecified atom stereocenters. The molecule has 0 radical (unpaired) electrons. The van der Waals surface area contributed by atoms with Crippen molar-refractivity contribution in [3.63, 3.8) is 0 Å². The van der Waals surface area contributed by atoms with Crippen molar-refractivity contribution in [1.29, 1.82) is 0 Å². The van der Waals surface area contributed by atoms with Gasteiger partial charge in [-0.3, -0.25) is 9.59 Å². The van der Waals surface area contributed by atoms with Crippen LogP contribution in [0.15, 0.2) is 42.5 Å². The molecule has 0 aromatic heterocycles. The van der Waals surface area contributed by atoms with Crippen LogP contribution in [0.1, 0.15) is 6.42 Å². The van der Waals surface area contributed by atoms with Crippen molar-refractivity contribution in [2.24, 2.45) is 5.92 Å². The third-order valence-corrected chi connectivity index (χ3v) is 3.53. The van der Waals surface area contributed by atoms with Crippen LogP contribution in [0.2, 0.25) is 0 Å². The molecule has 1 aliphatic rings. The maximum absolute atomic E-state index is 12.0. The molecule has 0 bridgehead atoms.